The summed E-state index contributed by atoms with van der Waals surface area (Å²) in [6.45, 7) is 2.03. The number of rotatable bonds is 6. The molecule has 1 heterocycles. The number of fused-ring (bicyclic) bond motifs is 1. The molecule has 7 nitrogen and oxygen atoms in total. The van der Waals surface area contributed by atoms with Gasteiger partial charge in [0, 0.05) is 23.1 Å². The van der Waals surface area contributed by atoms with E-state index in [9.17, 15) is 19.7 Å². The van der Waals surface area contributed by atoms with Crippen molar-refractivity contribution in [3.8, 4) is 0 Å². The Kier molecular flexibility index (Phi) is 6.77. The van der Waals surface area contributed by atoms with Crippen molar-refractivity contribution < 1.29 is 19.2 Å². The fraction of sp³-hybridized carbons (Fsp3) is 0.333. The summed E-state index contributed by atoms with van der Waals surface area (Å²) < 4.78 is 5.22. The predicted molar refractivity (Wildman–Crippen MR) is 112 cm³/mol. The molecule has 0 atom stereocenters. The number of thiophene rings is 1. The third-order valence-electron chi connectivity index (χ3n) is 4.67. The number of ether oxygens (including phenoxy) is 1. The van der Waals surface area contributed by atoms with E-state index >= 15 is 0 Å². The molecule has 1 aromatic heterocycles. The lowest BCUT2D eigenvalue weighted by Crippen LogP contribution is -2.13. The first-order chi connectivity index (χ1) is 14.0. The number of carbonyl (C=O) groups is 2. The number of esters is 1. The molecule has 0 spiro atoms. The Morgan fingerprint density at radius 2 is 1.93 bits per heavy atom. The topological polar surface area (TPSA) is 98.5 Å². The number of hydrogen-bond acceptors (Lipinski definition) is 6. The molecule has 2 aromatic rings. The van der Waals surface area contributed by atoms with Crippen LogP contribution in [0.3, 0.4) is 0 Å². The molecular formula is C21H22N2O5S. The van der Waals surface area contributed by atoms with E-state index in [0.717, 1.165) is 42.5 Å². The number of anilines is 1. The maximum Gasteiger partial charge on any atom is 0.341 e. The smallest absolute Gasteiger partial charge is 0.341 e. The molecule has 152 valence electrons. The van der Waals surface area contributed by atoms with E-state index in [1.807, 2.05) is 0 Å². The minimum absolute atomic E-state index is 0.00855. The summed E-state index contributed by atoms with van der Waals surface area (Å²) in [5, 5.41) is 14.0. The molecular weight excluding hydrogens is 392 g/mol. The van der Waals surface area contributed by atoms with E-state index in [1.54, 1.807) is 25.1 Å². The predicted octanol–water partition coefficient (Wildman–Crippen LogP) is 4.75. The molecule has 1 amide bonds. The van der Waals surface area contributed by atoms with Crippen LogP contribution in [-0.4, -0.2) is 23.4 Å². The van der Waals surface area contributed by atoms with Crippen LogP contribution >= 0.6 is 11.3 Å². The summed E-state index contributed by atoms with van der Waals surface area (Å²) in [6.07, 6.45) is 7.86. The summed E-state index contributed by atoms with van der Waals surface area (Å²) in [5.41, 5.74) is 2.13. The van der Waals surface area contributed by atoms with Crippen molar-refractivity contribution in [1.29, 1.82) is 0 Å². The van der Waals surface area contributed by atoms with Crippen LogP contribution in [-0.2, 0) is 22.4 Å². The van der Waals surface area contributed by atoms with Crippen LogP contribution in [0, 0.1) is 10.1 Å². The van der Waals surface area contributed by atoms with Crippen molar-refractivity contribution in [3.05, 3.63) is 62.0 Å². The maximum absolute atomic E-state index is 12.5. The lowest BCUT2D eigenvalue weighted by Gasteiger charge is -2.07. The van der Waals surface area contributed by atoms with Crippen LogP contribution in [0.1, 0.15) is 52.5 Å². The second-order valence-corrected chi connectivity index (χ2v) is 7.77. The monoisotopic (exact) mass is 414 g/mol. The van der Waals surface area contributed by atoms with Gasteiger partial charge in [-0.2, -0.15) is 0 Å². The normalized spacial score (nSPS) is 13.6. The fourth-order valence-corrected chi connectivity index (χ4v) is 4.56. The van der Waals surface area contributed by atoms with Crippen LogP contribution in [0.2, 0.25) is 0 Å². The highest BCUT2D eigenvalue weighted by molar-refractivity contribution is 7.17. The van der Waals surface area contributed by atoms with Gasteiger partial charge in [-0.05, 0) is 61.9 Å². The molecule has 29 heavy (non-hydrogen) atoms. The van der Waals surface area contributed by atoms with Crippen molar-refractivity contribution in [2.75, 3.05) is 11.9 Å². The van der Waals surface area contributed by atoms with Crippen molar-refractivity contribution in [2.45, 2.75) is 39.0 Å². The highest BCUT2D eigenvalue weighted by Crippen LogP contribution is 2.38. The fourth-order valence-electron chi connectivity index (χ4n) is 3.28. The van der Waals surface area contributed by atoms with Gasteiger partial charge in [0.25, 0.3) is 5.69 Å². The molecule has 0 radical (unpaired) electrons. The van der Waals surface area contributed by atoms with Gasteiger partial charge in [-0.15, -0.1) is 11.3 Å². The number of hydrogen-bond donors (Lipinski definition) is 1. The van der Waals surface area contributed by atoms with Crippen LogP contribution in [0.25, 0.3) is 6.08 Å². The van der Waals surface area contributed by atoms with Gasteiger partial charge in [0.2, 0.25) is 5.91 Å². The lowest BCUT2D eigenvalue weighted by atomic mass is 10.1. The van der Waals surface area contributed by atoms with Crippen LogP contribution in [0.4, 0.5) is 10.7 Å². The molecule has 0 aliphatic heterocycles. The molecule has 0 saturated heterocycles. The van der Waals surface area contributed by atoms with Gasteiger partial charge >= 0.3 is 5.97 Å². The second kappa shape index (κ2) is 9.47. The number of nitrogens with one attached hydrogen (secondary N) is 1. The first-order valence-electron chi connectivity index (χ1n) is 9.54. The molecule has 0 saturated carbocycles. The largest absolute Gasteiger partial charge is 0.462 e. The van der Waals surface area contributed by atoms with Crippen molar-refractivity contribution >= 4 is 40.0 Å². The van der Waals surface area contributed by atoms with Crippen LogP contribution in [0.15, 0.2) is 30.3 Å². The van der Waals surface area contributed by atoms with E-state index in [0.29, 0.717) is 16.1 Å². The first kappa shape index (κ1) is 20.7. The van der Waals surface area contributed by atoms with Gasteiger partial charge < -0.3 is 10.1 Å². The van der Waals surface area contributed by atoms with Crippen molar-refractivity contribution in [2.24, 2.45) is 0 Å². The SMILES string of the molecule is CCOC(=O)c1c(NC(=O)/C=C/c2ccc([N+](=O)[O-])cc2)sc2c1CCCCC2. The van der Waals surface area contributed by atoms with Crippen LogP contribution in [0.5, 0.6) is 0 Å². The highest BCUT2D eigenvalue weighted by Gasteiger charge is 2.26. The number of amides is 1. The Morgan fingerprint density at radius 3 is 2.62 bits per heavy atom. The lowest BCUT2D eigenvalue weighted by molar-refractivity contribution is -0.384. The third kappa shape index (κ3) is 5.08. The second-order valence-electron chi connectivity index (χ2n) is 6.66. The summed E-state index contributed by atoms with van der Waals surface area (Å²) in [7, 11) is 0. The first-order valence-corrected chi connectivity index (χ1v) is 10.4. The van der Waals surface area contributed by atoms with Gasteiger partial charge in [0.1, 0.15) is 5.00 Å². The van der Waals surface area contributed by atoms with Gasteiger partial charge in [-0.25, -0.2) is 4.79 Å². The Morgan fingerprint density at radius 1 is 1.21 bits per heavy atom. The van der Waals surface area contributed by atoms with Gasteiger partial charge in [0.05, 0.1) is 17.1 Å². The Bertz CT molecular complexity index is 947. The minimum Gasteiger partial charge on any atom is -0.462 e. The molecule has 1 N–H and O–H groups in total. The van der Waals surface area contributed by atoms with E-state index in [-0.39, 0.29) is 18.2 Å². The van der Waals surface area contributed by atoms with E-state index in [2.05, 4.69) is 5.32 Å². The average Bonchev–Trinajstić information content (AvgIpc) is 2.87. The van der Waals surface area contributed by atoms with E-state index in [1.165, 1.54) is 29.5 Å². The standard InChI is InChI=1S/C21H22N2O5S/c1-2-28-21(25)19-16-6-4-3-5-7-17(16)29-20(19)22-18(24)13-10-14-8-11-15(12-9-14)23(26)27/h8-13H,2-7H2,1H3,(H,22,24)/b13-10+. The van der Waals surface area contributed by atoms with Gasteiger partial charge in [0.15, 0.2) is 0 Å². The van der Waals surface area contributed by atoms with E-state index in [4.69, 9.17) is 4.74 Å². The number of nitrogens with zero attached hydrogens (tertiary/aromatic N) is 1. The molecule has 1 aliphatic carbocycles. The van der Waals surface area contributed by atoms with Crippen molar-refractivity contribution in [1.82, 2.24) is 0 Å². The zero-order valence-electron chi connectivity index (χ0n) is 16.1. The molecule has 1 aliphatic rings. The number of nitro benzene ring substituents is 1. The van der Waals surface area contributed by atoms with E-state index < -0.39 is 10.9 Å². The number of nitro groups is 1. The molecule has 0 bridgehead atoms. The molecule has 1 aromatic carbocycles. The summed E-state index contributed by atoms with van der Waals surface area (Å²) in [5.74, 6) is -0.771. The van der Waals surface area contributed by atoms with Crippen LogP contribution < -0.4 is 5.32 Å². The molecule has 8 heteroatoms. The summed E-state index contributed by atoms with van der Waals surface area (Å²) >= 11 is 1.44. The number of aryl methyl sites for hydroxylation is 1. The van der Waals surface area contributed by atoms with Gasteiger partial charge in [-0.1, -0.05) is 6.42 Å². The molecule has 0 unspecified atom stereocenters. The van der Waals surface area contributed by atoms with Gasteiger partial charge in [-0.3, -0.25) is 14.9 Å². The maximum atomic E-state index is 12.5. The Labute approximate surface area is 172 Å². The number of benzene rings is 1. The zero-order chi connectivity index (χ0) is 20.8. The zero-order valence-corrected chi connectivity index (χ0v) is 16.9. The minimum atomic E-state index is -0.474. The third-order valence-corrected chi connectivity index (χ3v) is 5.88. The quantitative estimate of drug-likeness (QED) is 0.242. The Hall–Kier alpha value is -3.00. The highest BCUT2D eigenvalue weighted by atomic mass is 32.1. The van der Waals surface area contributed by atoms with Crippen molar-refractivity contribution in [3.63, 3.8) is 0 Å². The summed E-state index contributed by atoms with van der Waals surface area (Å²) in [6, 6.07) is 5.90. The molecule has 0 fully saturated rings. The Balaban J connectivity index is 1.78. The summed E-state index contributed by atoms with van der Waals surface area (Å²) in [4.78, 5) is 36.3. The average molecular weight is 414 g/mol. The number of carbonyl (C=O) groups excluding carboxylic acids is 2. The number of non-ortho nitro benzene ring substituents is 1. The molecule has 3 rings (SSSR count).